The molecule has 0 saturated carbocycles. The van der Waals surface area contributed by atoms with Crippen molar-refractivity contribution in [1.29, 1.82) is 5.26 Å². The van der Waals surface area contributed by atoms with Crippen LogP contribution >= 0.6 is 11.3 Å². The lowest BCUT2D eigenvalue weighted by atomic mass is 10.2. The molecule has 0 unspecified atom stereocenters. The van der Waals surface area contributed by atoms with Crippen LogP contribution in [0.5, 0.6) is 5.75 Å². The summed E-state index contributed by atoms with van der Waals surface area (Å²) >= 11 is 0.848. The van der Waals surface area contributed by atoms with Gasteiger partial charge in [0, 0.05) is 12.1 Å². The average molecular weight is 414 g/mol. The number of carbonyl (C=O) groups is 1. The highest BCUT2D eigenvalue weighted by molar-refractivity contribution is 7.22. The Hall–Kier alpha value is -3.46. The van der Waals surface area contributed by atoms with Crippen LogP contribution in [0.25, 0.3) is 10.2 Å². The van der Waals surface area contributed by atoms with Gasteiger partial charge in [0.05, 0.1) is 21.5 Å². The Kier molecular flexibility index (Phi) is 5.02. The van der Waals surface area contributed by atoms with Crippen LogP contribution in [0.4, 0.5) is 37.6 Å². The summed E-state index contributed by atoms with van der Waals surface area (Å²) < 4.78 is 68.2. The number of aromatic nitrogens is 1. The Bertz CT molecular complexity index is 1110. The number of nitrogens with one attached hydrogen (secondary N) is 2. The van der Waals surface area contributed by atoms with Crippen LogP contribution in [0.3, 0.4) is 0 Å². The summed E-state index contributed by atoms with van der Waals surface area (Å²) in [5, 5.41) is 13.0. The van der Waals surface area contributed by atoms with Gasteiger partial charge in [-0.15, -0.1) is 13.2 Å². The fraction of sp³-hybridized carbons (Fsp3) is 0.0625. The van der Waals surface area contributed by atoms with E-state index in [0.29, 0.717) is 22.3 Å². The van der Waals surface area contributed by atoms with Crippen molar-refractivity contribution in [3.63, 3.8) is 0 Å². The molecule has 3 rings (SSSR count). The molecule has 6 nitrogen and oxygen atoms in total. The van der Waals surface area contributed by atoms with Gasteiger partial charge in [0.25, 0.3) is 0 Å². The standard InChI is InChI=1S/C16H7F5N4O2S/c17-9-5-12(10(18)3-7(9)6-22)23-14(26)25-15-24-11-2-1-8(4-13(11)28-15)27-16(19,20)21/h1-5H,(H2,23,24,25,26). The molecule has 0 saturated heterocycles. The smallest absolute Gasteiger partial charge is 0.406 e. The summed E-state index contributed by atoms with van der Waals surface area (Å²) in [6, 6.07) is 5.20. The zero-order valence-corrected chi connectivity index (χ0v) is 14.2. The number of alkyl halides is 3. The van der Waals surface area contributed by atoms with Crippen LogP contribution in [0.2, 0.25) is 0 Å². The van der Waals surface area contributed by atoms with Crippen molar-refractivity contribution in [3.8, 4) is 11.8 Å². The SMILES string of the molecule is N#Cc1cc(F)c(NC(=O)Nc2nc3ccc(OC(F)(F)F)cc3s2)cc1F. The number of amides is 2. The second-order valence-corrected chi connectivity index (χ2v) is 6.23. The Morgan fingerprint density at radius 2 is 1.89 bits per heavy atom. The van der Waals surface area contributed by atoms with E-state index >= 15 is 0 Å². The molecule has 2 aromatic carbocycles. The van der Waals surface area contributed by atoms with E-state index in [0.717, 1.165) is 23.5 Å². The molecule has 1 aromatic heterocycles. The number of anilines is 2. The molecule has 2 N–H and O–H groups in total. The maximum atomic E-state index is 13.8. The molecule has 0 bridgehead atoms. The molecule has 144 valence electrons. The first-order valence-electron chi connectivity index (χ1n) is 7.28. The van der Waals surface area contributed by atoms with Gasteiger partial charge in [0.15, 0.2) is 5.13 Å². The number of carbonyl (C=O) groups excluding carboxylic acids is 1. The largest absolute Gasteiger partial charge is 0.573 e. The zero-order valence-electron chi connectivity index (χ0n) is 13.4. The number of nitrogens with zero attached hydrogens (tertiary/aromatic N) is 2. The molecular weight excluding hydrogens is 407 g/mol. The van der Waals surface area contributed by atoms with Gasteiger partial charge in [-0.1, -0.05) is 11.3 Å². The normalized spacial score (nSPS) is 11.1. The number of hydrogen-bond acceptors (Lipinski definition) is 5. The number of fused-ring (bicyclic) bond motifs is 1. The molecule has 0 atom stereocenters. The fourth-order valence-corrected chi connectivity index (χ4v) is 3.02. The number of rotatable bonds is 3. The lowest BCUT2D eigenvalue weighted by molar-refractivity contribution is -0.274. The van der Waals surface area contributed by atoms with E-state index in [2.05, 4.69) is 20.4 Å². The van der Waals surface area contributed by atoms with E-state index in [9.17, 15) is 26.7 Å². The molecular formula is C16H7F5N4O2S. The van der Waals surface area contributed by atoms with E-state index in [-0.39, 0.29) is 5.13 Å². The number of hydrogen-bond donors (Lipinski definition) is 2. The van der Waals surface area contributed by atoms with Gasteiger partial charge in [-0.05, 0) is 18.2 Å². The molecule has 28 heavy (non-hydrogen) atoms. The van der Waals surface area contributed by atoms with Crippen molar-refractivity contribution in [2.45, 2.75) is 6.36 Å². The van der Waals surface area contributed by atoms with Crippen LogP contribution in [0, 0.1) is 23.0 Å². The van der Waals surface area contributed by atoms with E-state index in [4.69, 9.17) is 5.26 Å². The Balaban J connectivity index is 1.75. The molecule has 12 heteroatoms. The molecule has 0 radical (unpaired) electrons. The van der Waals surface area contributed by atoms with E-state index in [1.54, 1.807) is 0 Å². The minimum atomic E-state index is -4.85. The van der Waals surface area contributed by atoms with E-state index in [1.807, 2.05) is 0 Å². The number of ether oxygens (including phenoxy) is 1. The highest BCUT2D eigenvalue weighted by Gasteiger charge is 2.31. The predicted molar refractivity (Wildman–Crippen MR) is 90.0 cm³/mol. The van der Waals surface area contributed by atoms with Gasteiger partial charge < -0.3 is 10.1 Å². The highest BCUT2D eigenvalue weighted by atomic mass is 32.1. The quantitative estimate of drug-likeness (QED) is 0.592. The topological polar surface area (TPSA) is 87.0 Å². The van der Waals surface area contributed by atoms with Gasteiger partial charge in [-0.25, -0.2) is 18.6 Å². The van der Waals surface area contributed by atoms with Crippen LogP contribution in [0.15, 0.2) is 30.3 Å². The first kappa shape index (κ1) is 19.3. The second-order valence-electron chi connectivity index (χ2n) is 5.20. The molecule has 0 aliphatic heterocycles. The number of benzene rings is 2. The zero-order chi connectivity index (χ0) is 20.5. The Morgan fingerprint density at radius 1 is 1.14 bits per heavy atom. The number of halogens is 5. The molecule has 0 aliphatic carbocycles. The third-order valence-electron chi connectivity index (χ3n) is 3.24. The minimum Gasteiger partial charge on any atom is -0.406 e. The predicted octanol–water partition coefficient (Wildman–Crippen LogP) is 4.99. The van der Waals surface area contributed by atoms with Gasteiger partial charge in [-0.2, -0.15) is 5.26 Å². The molecule has 0 spiro atoms. The van der Waals surface area contributed by atoms with Crippen molar-refractivity contribution in [1.82, 2.24) is 4.98 Å². The van der Waals surface area contributed by atoms with Crippen molar-refractivity contribution in [2.24, 2.45) is 0 Å². The van der Waals surface area contributed by atoms with Crippen LogP contribution in [0.1, 0.15) is 5.56 Å². The number of urea groups is 1. The Labute approximate surface area is 157 Å². The lowest BCUT2D eigenvalue weighted by Gasteiger charge is -2.07. The summed E-state index contributed by atoms with van der Waals surface area (Å²) in [4.78, 5) is 15.9. The maximum Gasteiger partial charge on any atom is 0.573 e. The Morgan fingerprint density at radius 3 is 2.57 bits per heavy atom. The summed E-state index contributed by atoms with van der Waals surface area (Å²) in [6.07, 6.45) is -4.85. The summed E-state index contributed by atoms with van der Waals surface area (Å²) in [7, 11) is 0. The van der Waals surface area contributed by atoms with E-state index < -0.39 is 41.0 Å². The molecule has 0 aliphatic rings. The first-order chi connectivity index (χ1) is 13.1. The van der Waals surface area contributed by atoms with Crippen molar-refractivity contribution >= 4 is 38.4 Å². The lowest BCUT2D eigenvalue weighted by Crippen LogP contribution is -2.20. The summed E-state index contributed by atoms with van der Waals surface area (Å²) in [5.41, 5.74) is -0.729. The summed E-state index contributed by atoms with van der Waals surface area (Å²) in [5.74, 6) is -2.49. The van der Waals surface area contributed by atoms with E-state index in [1.165, 1.54) is 12.1 Å². The minimum absolute atomic E-state index is 0.00573. The van der Waals surface area contributed by atoms with Gasteiger partial charge in [-0.3, -0.25) is 5.32 Å². The molecule has 1 heterocycles. The number of nitriles is 1. The van der Waals surface area contributed by atoms with Crippen LogP contribution in [-0.4, -0.2) is 17.4 Å². The van der Waals surface area contributed by atoms with Gasteiger partial charge >= 0.3 is 12.4 Å². The van der Waals surface area contributed by atoms with Crippen molar-refractivity contribution in [2.75, 3.05) is 10.6 Å². The third-order valence-corrected chi connectivity index (χ3v) is 4.17. The second kappa shape index (κ2) is 7.28. The molecule has 0 fully saturated rings. The monoisotopic (exact) mass is 414 g/mol. The third kappa shape index (κ3) is 4.44. The van der Waals surface area contributed by atoms with Crippen LogP contribution in [-0.2, 0) is 0 Å². The molecule has 3 aromatic rings. The van der Waals surface area contributed by atoms with Crippen molar-refractivity contribution < 1.29 is 31.5 Å². The summed E-state index contributed by atoms with van der Waals surface area (Å²) in [6.45, 7) is 0. The van der Waals surface area contributed by atoms with Gasteiger partial charge in [0.2, 0.25) is 0 Å². The average Bonchev–Trinajstić information content (AvgIpc) is 2.97. The maximum absolute atomic E-state index is 13.8. The molecule has 2 amide bonds. The highest BCUT2D eigenvalue weighted by Crippen LogP contribution is 2.31. The number of thiazole rings is 1. The van der Waals surface area contributed by atoms with Crippen LogP contribution < -0.4 is 15.4 Å². The van der Waals surface area contributed by atoms with Gasteiger partial charge in [0.1, 0.15) is 23.5 Å². The fourth-order valence-electron chi connectivity index (χ4n) is 2.13. The first-order valence-corrected chi connectivity index (χ1v) is 8.10. The van der Waals surface area contributed by atoms with Crippen molar-refractivity contribution in [3.05, 3.63) is 47.5 Å².